The topological polar surface area (TPSA) is 55.8 Å². The van der Waals surface area contributed by atoms with Crippen LogP contribution >= 0.6 is 0 Å². The van der Waals surface area contributed by atoms with Crippen LogP contribution in [-0.2, 0) is 27.5 Å². The maximum Gasteiger partial charge on any atom is 0.303 e. The summed E-state index contributed by atoms with van der Waals surface area (Å²) in [5.74, 6) is -1.65. The van der Waals surface area contributed by atoms with Crippen molar-refractivity contribution in [2.24, 2.45) is 0 Å². The summed E-state index contributed by atoms with van der Waals surface area (Å²) in [6.07, 6.45) is 0.404. The number of aliphatic carboxylic acids is 1. The fourth-order valence-corrected chi connectivity index (χ4v) is 2.01. The second kappa shape index (κ2) is 5.08. The Labute approximate surface area is 107 Å². The average Bonchev–Trinajstić information content (AvgIpc) is 2.48. The molecule has 0 radical (unpaired) electrons. The largest absolute Gasteiger partial charge is 0.481 e. The molecule has 0 aliphatic carbocycles. The minimum absolute atomic E-state index is 0.0475. The molecule has 4 nitrogen and oxygen atoms in total. The number of carbonyl (C=O) groups is 1. The molecular weight excluding hydrogens is 232 g/mol. The van der Waals surface area contributed by atoms with Crippen LogP contribution in [0, 0.1) is 6.92 Å². The van der Waals surface area contributed by atoms with Crippen LogP contribution < -0.4 is 0 Å². The third kappa shape index (κ3) is 3.09. The second-order valence-electron chi connectivity index (χ2n) is 4.88. The lowest BCUT2D eigenvalue weighted by Gasteiger charge is -2.27. The summed E-state index contributed by atoms with van der Waals surface area (Å²) >= 11 is 0. The number of aryl methyl sites for hydroxylation is 1. The number of benzene rings is 1. The Morgan fingerprint density at radius 3 is 2.67 bits per heavy atom. The van der Waals surface area contributed by atoms with Crippen molar-refractivity contribution in [3.63, 3.8) is 0 Å². The molecule has 0 amide bonds. The fourth-order valence-electron chi connectivity index (χ4n) is 2.01. The molecule has 1 unspecified atom stereocenters. The quantitative estimate of drug-likeness (QED) is 0.896. The fraction of sp³-hybridized carbons (Fsp3) is 0.500. The maximum absolute atomic E-state index is 10.6. The standard InChI is InChI=1S/C14H18O4/c1-10-3-4-11-8-17-14(2,6-5-13(15)16)18-9-12(11)7-10/h3-4,7H,5-6,8-9H2,1-2H3,(H,15,16). The Kier molecular flexibility index (Phi) is 3.68. The molecule has 2 rings (SSSR count). The minimum Gasteiger partial charge on any atom is -0.481 e. The van der Waals surface area contributed by atoms with E-state index in [9.17, 15) is 4.79 Å². The van der Waals surface area contributed by atoms with Crippen LogP contribution in [0.2, 0.25) is 0 Å². The molecular formula is C14H18O4. The van der Waals surface area contributed by atoms with Crippen molar-refractivity contribution in [1.82, 2.24) is 0 Å². The molecule has 4 heteroatoms. The highest BCUT2D eigenvalue weighted by Gasteiger charge is 2.29. The highest BCUT2D eigenvalue weighted by atomic mass is 16.7. The van der Waals surface area contributed by atoms with Gasteiger partial charge in [-0.3, -0.25) is 4.79 Å². The first-order chi connectivity index (χ1) is 8.48. The molecule has 0 saturated carbocycles. The highest BCUT2D eigenvalue weighted by molar-refractivity contribution is 5.66. The molecule has 1 aromatic carbocycles. The average molecular weight is 250 g/mol. The third-order valence-electron chi connectivity index (χ3n) is 3.22. The Morgan fingerprint density at radius 1 is 1.33 bits per heavy atom. The Hall–Kier alpha value is -1.39. The van der Waals surface area contributed by atoms with Crippen molar-refractivity contribution in [3.05, 3.63) is 34.9 Å². The zero-order valence-electron chi connectivity index (χ0n) is 10.7. The van der Waals surface area contributed by atoms with Gasteiger partial charge in [-0.2, -0.15) is 0 Å². The molecule has 0 bridgehead atoms. The highest BCUT2D eigenvalue weighted by Crippen LogP contribution is 2.28. The summed E-state index contributed by atoms with van der Waals surface area (Å²) in [6.45, 7) is 4.77. The zero-order chi connectivity index (χ0) is 13.2. The molecule has 1 atom stereocenters. The summed E-state index contributed by atoms with van der Waals surface area (Å²) in [5.41, 5.74) is 3.42. The molecule has 1 aliphatic heterocycles. The van der Waals surface area contributed by atoms with E-state index in [-0.39, 0.29) is 6.42 Å². The number of ether oxygens (including phenoxy) is 2. The number of carboxylic acid groups (broad SMARTS) is 1. The molecule has 18 heavy (non-hydrogen) atoms. The first-order valence-electron chi connectivity index (χ1n) is 6.07. The van der Waals surface area contributed by atoms with Gasteiger partial charge in [0.1, 0.15) is 0 Å². The predicted octanol–water partition coefficient (Wildman–Crippen LogP) is 2.62. The van der Waals surface area contributed by atoms with Crippen LogP contribution in [0.1, 0.15) is 36.5 Å². The Morgan fingerprint density at radius 2 is 2.00 bits per heavy atom. The van der Waals surface area contributed by atoms with Crippen LogP contribution in [0.4, 0.5) is 0 Å². The van der Waals surface area contributed by atoms with Gasteiger partial charge in [0.25, 0.3) is 0 Å². The monoisotopic (exact) mass is 250 g/mol. The van der Waals surface area contributed by atoms with Crippen molar-refractivity contribution in [1.29, 1.82) is 0 Å². The van der Waals surface area contributed by atoms with Crippen molar-refractivity contribution in [3.8, 4) is 0 Å². The normalized spacial score (nSPS) is 23.2. The van der Waals surface area contributed by atoms with E-state index in [1.807, 2.05) is 19.1 Å². The summed E-state index contributed by atoms with van der Waals surface area (Å²) in [4.78, 5) is 10.6. The first kappa shape index (κ1) is 13.1. The number of fused-ring (bicyclic) bond motifs is 1. The van der Waals surface area contributed by atoms with Crippen LogP contribution in [0.25, 0.3) is 0 Å². The van der Waals surface area contributed by atoms with Gasteiger partial charge in [-0.15, -0.1) is 0 Å². The maximum atomic E-state index is 10.6. The molecule has 0 spiro atoms. The summed E-state index contributed by atoms with van der Waals surface area (Å²) in [7, 11) is 0. The van der Waals surface area contributed by atoms with Crippen molar-refractivity contribution >= 4 is 5.97 Å². The van der Waals surface area contributed by atoms with Gasteiger partial charge in [0.05, 0.1) is 19.6 Å². The lowest BCUT2D eigenvalue weighted by molar-refractivity contribution is -0.236. The molecule has 1 N–H and O–H groups in total. The molecule has 0 fully saturated rings. The van der Waals surface area contributed by atoms with E-state index in [0.717, 1.165) is 11.1 Å². The third-order valence-corrected chi connectivity index (χ3v) is 3.22. The summed E-state index contributed by atoms with van der Waals surface area (Å²) in [5, 5.41) is 8.73. The van der Waals surface area contributed by atoms with E-state index in [1.165, 1.54) is 5.56 Å². The van der Waals surface area contributed by atoms with Gasteiger partial charge in [-0.05, 0) is 25.0 Å². The number of rotatable bonds is 3. The minimum atomic E-state index is -0.832. The number of hydrogen-bond acceptors (Lipinski definition) is 3. The van der Waals surface area contributed by atoms with Gasteiger partial charge in [0, 0.05) is 6.42 Å². The molecule has 98 valence electrons. The summed E-state index contributed by atoms with van der Waals surface area (Å²) in [6, 6.07) is 6.17. The lowest BCUT2D eigenvalue weighted by atomic mass is 10.1. The lowest BCUT2D eigenvalue weighted by Crippen LogP contribution is -2.31. The van der Waals surface area contributed by atoms with E-state index < -0.39 is 11.8 Å². The van der Waals surface area contributed by atoms with Gasteiger partial charge < -0.3 is 14.6 Å². The Bertz CT molecular complexity index is 455. The van der Waals surface area contributed by atoms with E-state index in [0.29, 0.717) is 19.6 Å². The van der Waals surface area contributed by atoms with Crippen molar-refractivity contribution in [2.75, 3.05) is 0 Å². The first-order valence-corrected chi connectivity index (χ1v) is 6.07. The van der Waals surface area contributed by atoms with Gasteiger partial charge in [-0.25, -0.2) is 0 Å². The van der Waals surface area contributed by atoms with Gasteiger partial charge >= 0.3 is 5.97 Å². The Balaban J connectivity index is 2.08. The van der Waals surface area contributed by atoms with Crippen LogP contribution in [0.5, 0.6) is 0 Å². The van der Waals surface area contributed by atoms with Gasteiger partial charge in [-0.1, -0.05) is 23.8 Å². The number of carboxylic acids is 1. The van der Waals surface area contributed by atoms with Crippen LogP contribution in [0.3, 0.4) is 0 Å². The summed E-state index contributed by atoms with van der Waals surface area (Å²) < 4.78 is 11.5. The second-order valence-corrected chi connectivity index (χ2v) is 4.88. The number of hydrogen-bond donors (Lipinski definition) is 1. The molecule has 1 heterocycles. The van der Waals surface area contributed by atoms with Crippen molar-refractivity contribution < 1.29 is 19.4 Å². The van der Waals surface area contributed by atoms with E-state index in [4.69, 9.17) is 14.6 Å². The van der Waals surface area contributed by atoms with Crippen LogP contribution in [-0.4, -0.2) is 16.9 Å². The SMILES string of the molecule is Cc1ccc2c(c1)COC(C)(CCC(=O)O)OC2. The zero-order valence-corrected chi connectivity index (χ0v) is 10.7. The molecule has 1 aromatic rings. The molecule has 1 aliphatic rings. The van der Waals surface area contributed by atoms with E-state index in [2.05, 4.69) is 6.07 Å². The van der Waals surface area contributed by atoms with Crippen molar-refractivity contribution in [2.45, 2.75) is 45.7 Å². The van der Waals surface area contributed by atoms with Crippen LogP contribution in [0.15, 0.2) is 18.2 Å². The molecule has 0 aromatic heterocycles. The smallest absolute Gasteiger partial charge is 0.303 e. The van der Waals surface area contributed by atoms with E-state index in [1.54, 1.807) is 6.92 Å². The van der Waals surface area contributed by atoms with Gasteiger partial charge in [0.2, 0.25) is 0 Å². The molecule has 0 saturated heterocycles. The van der Waals surface area contributed by atoms with Gasteiger partial charge in [0.15, 0.2) is 5.79 Å². The van der Waals surface area contributed by atoms with E-state index >= 15 is 0 Å². The predicted molar refractivity (Wildman–Crippen MR) is 66.0 cm³/mol.